The summed E-state index contributed by atoms with van der Waals surface area (Å²) in [6, 6.07) is 16.5. The van der Waals surface area contributed by atoms with E-state index in [1.54, 1.807) is 37.7 Å². The third-order valence-corrected chi connectivity index (χ3v) is 7.43. The number of ether oxygens (including phenoxy) is 2. The number of nitrogens with zero attached hydrogens (tertiary/aromatic N) is 6. The molecular weight excluding hydrogens is 594 g/mol. The van der Waals surface area contributed by atoms with Crippen molar-refractivity contribution in [2.75, 3.05) is 68.2 Å². The molecule has 3 N–H and O–H groups in total. The van der Waals surface area contributed by atoms with Gasteiger partial charge in [0, 0.05) is 64.4 Å². The molecule has 1 amide bonds. The molecule has 0 aliphatic carbocycles. The van der Waals surface area contributed by atoms with Crippen molar-refractivity contribution < 1.29 is 14.3 Å². The SMILES string of the molecule is C=CC(=O)Nc1cc(Nc2nccc(Nc3ccc(OCc4ccccn4)c(Cl)c3)n2)c(OC)cc1N1CCN(N(C)C)CC1. The fourth-order valence-corrected chi connectivity index (χ4v) is 5.04. The topological polar surface area (TPSA) is 120 Å². The Labute approximate surface area is 267 Å². The Kier molecular flexibility index (Phi) is 10.3. The van der Waals surface area contributed by atoms with Gasteiger partial charge in [-0.15, -0.1) is 0 Å². The molecule has 234 valence electrons. The van der Waals surface area contributed by atoms with Crippen molar-refractivity contribution in [2.24, 2.45) is 0 Å². The van der Waals surface area contributed by atoms with Gasteiger partial charge in [0.1, 0.15) is 23.9 Å². The third-order valence-electron chi connectivity index (χ3n) is 7.13. The number of methoxy groups -OCH3 is 1. The minimum absolute atomic E-state index is 0.310. The van der Waals surface area contributed by atoms with Crippen molar-refractivity contribution in [1.82, 2.24) is 25.0 Å². The highest BCUT2D eigenvalue weighted by atomic mass is 35.5. The Hall–Kier alpha value is -4.91. The summed E-state index contributed by atoms with van der Waals surface area (Å²) in [5, 5.41) is 14.2. The number of pyridine rings is 1. The van der Waals surface area contributed by atoms with Crippen LogP contribution in [0.3, 0.4) is 0 Å². The molecule has 1 saturated heterocycles. The van der Waals surface area contributed by atoms with E-state index in [0.717, 1.165) is 43.2 Å². The zero-order chi connectivity index (χ0) is 31.8. The highest BCUT2D eigenvalue weighted by Crippen LogP contribution is 2.39. The molecular formula is C32H36ClN9O3. The predicted molar refractivity (Wildman–Crippen MR) is 178 cm³/mol. The average Bonchev–Trinajstić information content (AvgIpc) is 3.05. The zero-order valence-corrected chi connectivity index (χ0v) is 26.2. The molecule has 2 aromatic heterocycles. The number of aromatic nitrogens is 3. The van der Waals surface area contributed by atoms with Crippen molar-refractivity contribution in [2.45, 2.75) is 6.61 Å². The standard InChI is InChI=1S/C32H36ClN9O3/c1-5-31(43)37-25-19-26(29(44-4)20-27(25)41-14-16-42(17-15-41)40(2)3)38-32-35-13-11-30(39-32)36-22-9-10-28(24(33)18-22)45-21-23-8-6-7-12-34-23/h5-13,18-20H,1,14-17,21H2,2-4H3,(H,37,43)(H2,35,36,38,39). The fourth-order valence-electron chi connectivity index (χ4n) is 4.81. The minimum atomic E-state index is -0.312. The number of hydrazine groups is 1. The van der Waals surface area contributed by atoms with Gasteiger partial charge < -0.3 is 30.3 Å². The number of rotatable bonds is 12. The number of piperazine rings is 1. The molecule has 4 aromatic rings. The van der Waals surface area contributed by atoms with Crippen LogP contribution in [0, 0.1) is 0 Å². The first-order chi connectivity index (χ1) is 21.8. The maximum Gasteiger partial charge on any atom is 0.247 e. The molecule has 13 heteroatoms. The Bertz CT molecular complexity index is 1630. The summed E-state index contributed by atoms with van der Waals surface area (Å²) in [4.78, 5) is 27.9. The average molecular weight is 630 g/mol. The number of nitrogens with one attached hydrogen (secondary N) is 3. The molecule has 0 bridgehead atoms. The van der Waals surface area contributed by atoms with Crippen molar-refractivity contribution in [3.63, 3.8) is 0 Å². The van der Waals surface area contributed by atoms with E-state index in [2.05, 4.69) is 52.4 Å². The molecule has 0 spiro atoms. The van der Waals surface area contributed by atoms with Crippen molar-refractivity contribution in [1.29, 1.82) is 0 Å². The smallest absolute Gasteiger partial charge is 0.247 e. The summed E-state index contributed by atoms with van der Waals surface area (Å²) < 4.78 is 11.6. The summed E-state index contributed by atoms with van der Waals surface area (Å²) in [5.41, 5.74) is 3.59. The van der Waals surface area contributed by atoms with E-state index in [-0.39, 0.29) is 5.91 Å². The van der Waals surface area contributed by atoms with Gasteiger partial charge in [-0.2, -0.15) is 4.98 Å². The largest absolute Gasteiger partial charge is 0.494 e. The number of hydrogen-bond donors (Lipinski definition) is 3. The Morgan fingerprint density at radius 3 is 2.51 bits per heavy atom. The number of carbonyl (C=O) groups is 1. The van der Waals surface area contributed by atoms with Gasteiger partial charge in [-0.25, -0.2) is 15.0 Å². The van der Waals surface area contributed by atoms with Crippen LogP contribution in [0.25, 0.3) is 0 Å². The van der Waals surface area contributed by atoms with Gasteiger partial charge in [0.2, 0.25) is 11.9 Å². The van der Waals surface area contributed by atoms with Crippen molar-refractivity contribution in [3.05, 3.63) is 90.4 Å². The van der Waals surface area contributed by atoms with Gasteiger partial charge in [-0.1, -0.05) is 24.2 Å². The van der Waals surface area contributed by atoms with E-state index >= 15 is 0 Å². The zero-order valence-electron chi connectivity index (χ0n) is 25.5. The number of anilines is 6. The lowest BCUT2D eigenvalue weighted by molar-refractivity contribution is -0.111. The predicted octanol–water partition coefficient (Wildman–Crippen LogP) is 5.32. The normalized spacial score (nSPS) is 13.3. The summed E-state index contributed by atoms with van der Waals surface area (Å²) in [6.45, 7) is 7.18. The minimum Gasteiger partial charge on any atom is -0.494 e. The number of amides is 1. The van der Waals surface area contributed by atoms with E-state index in [0.29, 0.717) is 46.3 Å². The number of hydrogen-bond acceptors (Lipinski definition) is 11. The van der Waals surface area contributed by atoms with E-state index in [4.69, 9.17) is 21.1 Å². The monoisotopic (exact) mass is 629 g/mol. The summed E-state index contributed by atoms with van der Waals surface area (Å²) in [5.74, 6) is 1.68. The van der Waals surface area contributed by atoms with Gasteiger partial charge in [-0.05, 0) is 48.5 Å². The lowest BCUT2D eigenvalue weighted by Gasteiger charge is -2.39. The molecule has 0 unspecified atom stereocenters. The molecule has 0 radical (unpaired) electrons. The molecule has 45 heavy (non-hydrogen) atoms. The molecule has 3 heterocycles. The van der Waals surface area contributed by atoms with Crippen molar-refractivity contribution >= 4 is 52.0 Å². The third kappa shape index (κ3) is 8.18. The molecule has 5 rings (SSSR count). The highest BCUT2D eigenvalue weighted by Gasteiger charge is 2.23. The van der Waals surface area contributed by atoms with Crippen molar-refractivity contribution in [3.8, 4) is 11.5 Å². The van der Waals surface area contributed by atoms with E-state index in [9.17, 15) is 4.79 Å². The molecule has 1 fully saturated rings. The van der Waals surface area contributed by atoms with Crippen LogP contribution in [0.2, 0.25) is 5.02 Å². The molecule has 2 aromatic carbocycles. The molecule has 0 saturated carbocycles. The van der Waals surface area contributed by atoms with Crippen LogP contribution in [0.15, 0.2) is 79.6 Å². The summed E-state index contributed by atoms with van der Waals surface area (Å²) in [6.07, 6.45) is 4.60. The second kappa shape index (κ2) is 14.7. The Morgan fingerprint density at radius 1 is 1.00 bits per heavy atom. The van der Waals surface area contributed by atoms with Crippen LogP contribution in [-0.2, 0) is 11.4 Å². The van der Waals surface area contributed by atoms with E-state index < -0.39 is 0 Å². The van der Waals surface area contributed by atoms with Crippen LogP contribution in [0.4, 0.5) is 34.5 Å². The molecule has 12 nitrogen and oxygen atoms in total. The first-order valence-corrected chi connectivity index (χ1v) is 14.7. The molecule has 0 atom stereocenters. The van der Waals surface area contributed by atoms with Gasteiger partial charge >= 0.3 is 0 Å². The lowest BCUT2D eigenvalue weighted by atomic mass is 10.1. The Morgan fingerprint density at radius 2 is 1.82 bits per heavy atom. The maximum absolute atomic E-state index is 12.4. The highest BCUT2D eigenvalue weighted by molar-refractivity contribution is 6.32. The Balaban J connectivity index is 1.32. The van der Waals surface area contributed by atoms with Crippen LogP contribution < -0.4 is 30.3 Å². The van der Waals surface area contributed by atoms with Crippen LogP contribution in [-0.4, -0.2) is 78.3 Å². The fraction of sp³-hybridized carbons (Fsp3) is 0.250. The van der Waals surface area contributed by atoms with Gasteiger partial charge in [-0.3, -0.25) is 9.78 Å². The molecule has 1 aliphatic heterocycles. The van der Waals surface area contributed by atoms with Crippen LogP contribution in [0.5, 0.6) is 11.5 Å². The maximum atomic E-state index is 12.4. The number of carbonyl (C=O) groups excluding carboxylic acids is 1. The lowest BCUT2D eigenvalue weighted by Crippen LogP contribution is -2.51. The van der Waals surface area contributed by atoms with E-state index in [1.165, 1.54) is 6.08 Å². The van der Waals surface area contributed by atoms with Gasteiger partial charge in [0.15, 0.2) is 0 Å². The van der Waals surface area contributed by atoms with Gasteiger partial charge in [0.05, 0.1) is 34.9 Å². The number of halogens is 1. The van der Waals surface area contributed by atoms with E-state index in [1.807, 2.05) is 50.5 Å². The first kappa shape index (κ1) is 31.5. The van der Waals surface area contributed by atoms with Crippen LogP contribution >= 0.6 is 11.6 Å². The number of benzene rings is 2. The van der Waals surface area contributed by atoms with Gasteiger partial charge in [0.25, 0.3) is 0 Å². The second-order valence-corrected chi connectivity index (χ2v) is 10.7. The van der Waals surface area contributed by atoms with Crippen LogP contribution in [0.1, 0.15) is 5.69 Å². The first-order valence-electron chi connectivity index (χ1n) is 14.3. The summed E-state index contributed by atoms with van der Waals surface area (Å²) >= 11 is 6.50. The molecule has 1 aliphatic rings. The second-order valence-electron chi connectivity index (χ2n) is 10.3. The summed E-state index contributed by atoms with van der Waals surface area (Å²) in [7, 11) is 5.67. The quantitative estimate of drug-likeness (QED) is 0.177.